The van der Waals surface area contributed by atoms with Gasteiger partial charge in [0.25, 0.3) is 0 Å². The number of rotatable bonds is 4. The van der Waals surface area contributed by atoms with E-state index in [4.69, 9.17) is 4.74 Å². The summed E-state index contributed by atoms with van der Waals surface area (Å²) in [6, 6.07) is 68.7. The smallest absolute Gasteiger partial charge is 0.156 e. The highest BCUT2D eigenvalue weighted by molar-refractivity contribution is 5.92. The van der Waals surface area contributed by atoms with Gasteiger partial charge < -0.3 is 9.64 Å². The standard InChI is InChI=1S/C52H37NO.CH4.H2/c1-51(2)42-20-9-6-17-38(42)41-32-31-37(33-47(41)51)53(36-29-27-35(28-30-36)34-15-4-3-5-16-34)48-25-14-24-46-50(48)54-49-26-13-12-23-45(49)52(46)43-21-10-7-18-39(43)40-19-8-11-22-44(40)52;;/h3-33H,1-2H3;1H4;1H. The van der Waals surface area contributed by atoms with Gasteiger partial charge in [-0.05, 0) is 92.0 Å². The van der Waals surface area contributed by atoms with Gasteiger partial charge in [-0.1, -0.05) is 173 Å². The quantitative estimate of drug-likeness (QED) is 0.180. The number of hydrogen-bond donors (Lipinski definition) is 0. The predicted octanol–water partition coefficient (Wildman–Crippen LogP) is 14.5. The van der Waals surface area contributed by atoms with Crippen LogP contribution in [0.25, 0.3) is 33.4 Å². The maximum absolute atomic E-state index is 7.18. The third-order valence-corrected chi connectivity index (χ3v) is 12.2. The van der Waals surface area contributed by atoms with Gasteiger partial charge in [0.1, 0.15) is 5.75 Å². The second kappa shape index (κ2) is 12.2. The maximum Gasteiger partial charge on any atom is 0.156 e. The fourth-order valence-electron chi connectivity index (χ4n) is 9.73. The summed E-state index contributed by atoms with van der Waals surface area (Å²) in [5, 5.41) is 0. The molecular weight excluding hydrogens is 667 g/mol. The Morgan fingerprint density at radius 1 is 0.418 bits per heavy atom. The van der Waals surface area contributed by atoms with E-state index in [9.17, 15) is 0 Å². The van der Waals surface area contributed by atoms with Crippen molar-refractivity contribution in [1.82, 2.24) is 0 Å². The molecule has 2 aliphatic carbocycles. The molecule has 1 spiro atoms. The molecule has 0 saturated heterocycles. The normalized spacial score (nSPS) is 14.3. The molecule has 0 radical (unpaired) electrons. The van der Waals surface area contributed by atoms with Gasteiger partial charge in [0.2, 0.25) is 0 Å². The first-order valence-corrected chi connectivity index (χ1v) is 18.9. The number of para-hydroxylation sites is 2. The van der Waals surface area contributed by atoms with Crippen molar-refractivity contribution in [2.45, 2.75) is 32.1 Å². The van der Waals surface area contributed by atoms with Crippen molar-refractivity contribution >= 4 is 17.1 Å². The summed E-state index contributed by atoms with van der Waals surface area (Å²) in [5.74, 6) is 1.76. The molecule has 0 bridgehead atoms. The lowest BCUT2D eigenvalue weighted by Crippen LogP contribution is -2.32. The van der Waals surface area contributed by atoms with Gasteiger partial charge in [-0.3, -0.25) is 0 Å². The Labute approximate surface area is 325 Å². The van der Waals surface area contributed by atoms with E-state index in [0.717, 1.165) is 34.1 Å². The van der Waals surface area contributed by atoms with E-state index in [2.05, 4.69) is 207 Å². The van der Waals surface area contributed by atoms with Crippen LogP contribution in [0.1, 0.15) is 56.1 Å². The Morgan fingerprint density at radius 2 is 0.927 bits per heavy atom. The topological polar surface area (TPSA) is 12.5 Å². The zero-order valence-electron chi connectivity index (χ0n) is 30.3. The number of ether oxygens (including phenoxy) is 1. The lowest BCUT2D eigenvalue weighted by molar-refractivity contribution is 0.437. The molecule has 266 valence electrons. The van der Waals surface area contributed by atoms with Gasteiger partial charge in [0.15, 0.2) is 5.75 Å². The van der Waals surface area contributed by atoms with E-state index in [0.29, 0.717) is 0 Å². The molecule has 0 N–H and O–H groups in total. The number of anilines is 3. The number of benzene rings is 8. The molecule has 2 nitrogen and oxygen atoms in total. The van der Waals surface area contributed by atoms with Crippen molar-refractivity contribution in [3.8, 4) is 44.9 Å². The largest absolute Gasteiger partial charge is 0.454 e. The molecular formula is C53H43NO. The van der Waals surface area contributed by atoms with E-state index in [1.807, 2.05) is 0 Å². The Kier molecular flexibility index (Phi) is 7.31. The first kappa shape index (κ1) is 33.0. The molecule has 11 rings (SSSR count). The van der Waals surface area contributed by atoms with Crippen molar-refractivity contribution in [2.75, 3.05) is 4.90 Å². The molecule has 0 saturated carbocycles. The van der Waals surface area contributed by atoms with Crippen LogP contribution in [0.5, 0.6) is 11.5 Å². The van der Waals surface area contributed by atoms with Crippen LogP contribution in [0.4, 0.5) is 17.1 Å². The zero-order valence-corrected chi connectivity index (χ0v) is 30.3. The summed E-state index contributed by atoms with van der Waals surface area (Å²) < 4.78 is 7.18. The van der Waals surface area contributed by atoms with Crippen LogP contribution in [-0.4, -0.2) is 0 Å². The minimum absolute atomic E-state index is 0. The molecule has 0 amide bonds. The third-order valence-electron chi connectivity index (χ3n) is 12.2. The average molecular weight is 710 g/mol. The van der Waals surface area contributed by atoms with Gasteiger partial charge in [-0.15, -0.1) is 0 Å². The number of hydrogen-bond acceptors (Lipinski definition) is 2. The summed E-state index contributed by atoms with van der Waals surface area (Å²) in [6.07, 6.45) is 0. The van der Waals surface area contributed by atoms with E-state index < -0.39 is 5.41 Å². The first-order chi connectivity index (χ1) is 26.5. The molecule has 0 fully saturated rings. The van der Waals surface area contributed by atoms with Crippen LogP contribution in [0, 0.1) is 0 Å². The highest BCUT2D eigenvalue weighted by atomic mass is 16.5. The van der Waals surface area contributed by atoms with E-state index in [-0.39, 0.29) is 14.3 Å². The van der Waals surface area contributed by atoms with Crippen LogP contribution in [0.15, 0.2) is 188 Å². The van der Waals surface area contributed by atoms with Gasteiger partial charge in [0.05, 0.1) is 11.1 Å². The van der Waals surface area contributed by atoms with Crippen LogP contribution >= 0.6 is 0 Å². The van der Waals surface area contributed by atoms with Crippen molar-refractivity contribution < 1.29 is 6.16 Å². The van der Waals surface area contributed by atoms with Crippen LogP contribution in [0.3, 0.4) is 0 Å². The predicted molar refractivity (Wildman–Crippen MR) is 230 cm³/mol. The first-order valence-electron chi connectivity index (χ1n) is 18.9. The molecule has 8 aromatic carbocycles. The fourth-order valence-corrected chi connectivity index (χ4v) is 9.73. The maximum atomic E-state index is 7.18. The van der Waals surface area contributed by atoms with Crippen molar-refractivity contribution in [3.63, 3.8) is 0 Å². The summed E-state index contributed by atoms with van der Waals surface area (Å²) in [6.45, 7) is 4.70. The Bertz CT molecular complexity index is 2740. The van der Waals surface area contributed by atoms with E-state index >= 15 is 0 Å². The summed E-state index contributed by atoms with van der Waals surface area (Å²) >= 11 is 0. The van der Waals surface area contributed by atoms with Crippen LogP contribution in [0.2, 0.25) is 0 Å². The Morgan fingerprint density at radius 3 is 1.62 bits per heavy atom. The average Bonchev–Trinajstić information content (AvgIpc) is 3.65. The molecule has 1 aliphatic heterocycles. The monoisotopic (exact) mass is 709 g/mol. The second-order valence-electron chi connectivity index (χ2n) is 15.2. The zero-order chi connectivity index (χ0) is 36.0. The van der Waals surface area contributed by atoms with E-state index in [1.165, 1.54) is 61.2 Å². The third kappa shape index (κ3) is 4.55. The highest BCUT2D eigenvalue weighted by Crippen LogP contribution is 2.64. The lowest BCUT2D eigenvalue weighted by atomic mass is 9.66. The highest BCUT2D eigenvalue weighted by Gasteiger charge is 2.51. The van der Waals surface area contributed by atoms with Crippen LogP contribution < -0.4 is 9.64 Å². The Hall–Kier alpha value is -6.64. The van der Waals surface area contributed by atoms with Crippen molar-refractivity contribution in [1.29, 1.82) is 0 Å². The summed E-state index contributed by atoms with van der Waals surface area (Å²) in [7, 11) is 0. The van der Waals surface area contributed by atoms with Crippen molar-refractivity contribution in [3.05, 3.63) is 221 Å². The van der Waals surface area contributed by atoms with Gasteiger partial charge in [-0.2, -0.15) is 0 Å². The molecule has 8 aromatic rings. The molecule has 0 aromatic heterocycles. The molecule has 55 heavy (non-hydrogen) atoms. The lowest BCUT2D eigenvalue weighted by Gasteiger charge is -2.41. The minimum atomic E-state index is -0.544. The van der Waals surface area contributed by atoms with Gasteiger partial charge >= 0.3 is 0 Å². The summed E-state index contributed by atoms with van der Waals surface area (Å²) in [5.41, 5.74) is 17.6. The Balaban J connectivity index is 0.00000205. The van der Waals surface area contributed by atoms with Gasteiger partial charge in [-0.25, -0.2) is 0 Å². The number of fused-ring (bicyclic) bond motifs is 12. The SMILES string of the molecule is C.CC1(C)c2ccccc2-c2ccc(N(c3ccc(-c4ccccc4)cc3)c3cccc4c3Oc3ccccc3C43c4ccccc4-c4ccccc43)cc21.[HH]. The molecule has 2 heteroatoms. The molecule has 0 unspecified atom stereocenters. The van der Waals surface area contributed by atoms with Gasteiger partial charge in [0, 0.05) is 29.3 Å². The van der Waals surface area contributed by atoms with E-state index in [1.54, 1.807) is 0 Å². The van der Waals surface area contributed by atoms with Crippen LogP contribution in [-0.2, 0) is 10.8 Å². The molecule has 0 atom stereocenters. The second-order valence-corrected chi connectivity index (χ2v) is 15.2. The molecule has 1 heterocycles. The fraction of sp³-hybridized carbons (Fsp3) is 0.0943. The molecule has 3 aliphatic rings. The minimum Gasteiger partial charge on any atom is -0.454 e. The number of nitrogens with zero attached hydrogens (tertiary/aromatic N) is 1. The summed E-state index contributed by atoms with van der Waals surface area (Å²) in [4.78, 5) is 2.40. The van der Waals surface area contributed by atoms with Crippen molar-refractivity contribution in [2.24, 2.45) is 0 Å².